The van der Waals surface area contributed by atoms with E-state index in [-0.39, 0.29) is 0 Å². The Kier molecular flexibility index (Phi) is 1.98. The van der Waals surface area contributed by atoms with Crippen LogP contribution in [0.15, 0.2) is 12.4 Å². The van der Waals surface area contributed by atoms with Crippen molar-refractivity contribution in [2.45, 2.75) is 25.0 Å². The minimum absolute atomic E-state index is 0.366. The van der Waals surface area contributed by atoms with Crippen LogP contribution in [-0.2, 0) is 4.74 Å². The molecule has 0 aliphatic carbocycles. The first-order chi connectivity index (χ1) is 7.31. The van der Waals surface area contributed by atoms with Crippen molar-refractivity contribution in [3.05, 3.63) is 12.4 Å². The lowest BCUT2D eigenvalue weighted by Crippen LogP contribution is -2.43. The molecule has 0 aromatic carbocycles. The highest BCUT2D eigenvalue weighted by molar-refractivity contribution is 5.38. The fourth-order valence-corrected chi connectivity index (χ4v) is 2.27. The van der Waals surface area contributed by atoms with Gasteiger partial charge in [-0.2, -0.15) is 0 Å². The lowest BCUT2D eigenvalue weighted by atomic mass is 10.2. The Bertz CT molecular complexity index is 341. The second-order valence-corrected chi connectivity index (χ2v) is 4.18. The first-order valence-electron chi connectivity index (χ1n) is 5.29. The maximum Gasteiger partial charge on any atom is 0.225 e. The number of fused-ring (bicyclic) bond motifs is 2. The van der Waals surface area contributed by atoms with Gasteiger partial charge in [-0.25, -0.2) is 9.97 Å². The van der Waals surface area contributed by atoms with Gasteiger partial charge in [0, 0.05) is 13.1 Å². The predicted octanol–water partition coefficient (Wildman–Crippen LogP) is 0.426. The lowest BCUT2D eigenvalue weighted by molar-refractivity contribution is 0.0299. The number of rotatable bonds is 1. The number of hydrogen-bond acceptors (Lipinski definition) is 5. The molecule has 1 aromatic heterocycles. The van der Waals surface area contributed by atoms with Crippen LogP contribution in [0.5, 0.6) is 0 Å². The van der Waals surface area contributed by atoms with E-state index in [1.54, 1.807) is 12.4 Å². The van der Waals surface area contributed by atoms with Gasteiger partial charge in [0.05, 0.1) is 30.3 Å². The molecule has 15 heavy (non-hydrogen) atoms. The smallest absolute Gasteiger partial charge is 0.225 e. The van der Waals surface area contributed by atoms with Crippen LogP contribution >= 0.6 is 0 Å². The molecule has 0 amide bonds. The van der Waals surface area contributed by atoms with Crippen molar-refractivity contribution < 1.29 is 4.74 Å². The van der Waals surface area contributed by atoms with Crippen LogP contribution in [0.3, 0.4) is 0 Å². The van der Waals surface area contributed by atoms with Gasteiger partial charge in [-0.15, -0.1) is 0 Å². The molecule has 2 bridgehead atoms. The molecular weight excluding hydrogens is 192 g/mol. The second kappa shape index (κ2) is 3.34. The highest BCUT2D eigenvalue weighted by atomic mass is 16.5. The van der Waals surface area contributed by atoms with Gasteiger partial charge in [0.2, 0.25) is 5.95 Å². The van der Waals surface area contributed by atoms with E-state index >= 15 is 0 Å². The van der Waals surface area contributed by atoms with E-state index in [1.165, 1.54) is 0 Å². The SMILES string of the molecule is Nc1cnc(N2C[C@H]3CC[C@@H](C2)O3)nc1. The molecule has 3 heterocycles. The van der Waals surface area contributed by atoms with E-state index in [1.807, 2.05) is 0 Å². The van der Waals surface area contributed by atoms with E-state index in [4.69, 9.17) is 10.5 Å². The van der Waals surface area contributed by atoms with Crippen molar-refractivity contribution in [2.75, 3.05) is 23.7 Å². The number of ether oxygens (including phenoxy) is 1. The van der Waals surface area contributed by atoms with Crippen LogP contribution in [0.2, 0.25) is 0 Å². The molecule has 0 unspecified atom stereocenters. The molecule has 1 aromatic rings. The average Bonchev–Trinajstić information content (AvgIpc) is 2.59. The molecule has 2 atom stereocenters. The van der Waals surface area contributed by atoms with E-state index in [0.29, 0.717) is 17.9 Å². The van der Waals surface area contributed by atoms with Gasteiger partial charge >= 0.3 is 0 Å². The van der Waals surface area contributed by atoms with E-state index < -0.39 is 0 Å². The number of nitrogen functional groups attached to an aromatic ring is 1. The van der Waals surface area contributed by atoms with Gasteiger partial charge in [0.1, 0.15) is 0 Å². The molecule has 0 saturated carbocycles. The number of aromatic nitrogens is 2. The maximum absolute atomic E-state index is 5.75. The largest absolute Gasteiger partial charge is 0.396 e. The van der Waals surface area contributed by atoms with Gasteiger partial charge in [0.15, 0.2) is 0 Å². The third kappa shape index (κ3) is 1.63. The van der Waals surface area contributed by atoms with Crippen molar-refractivity contribution in [3.63, 3.8) is 0 Å². The molecule has 3 rings (SSSR count). The quantitative estimate of drug-likeness (QED) is 0.721. The van der Waals surface area contributed by atoms with Crippen molar-refractivity contribution >= 4 is 11.6 Å². The third-order valence-corrected chi connectivity index (χ3v) is 2.98. The summed E-state index contributed by atoms with van der Waals surface area (Å²) in [5.74, 6) is 0.768. The van der Waals surface area contributed by atoms with E-state index in [2.05, 4.69) is 14.9 Å². The summed E-state index contributed by atoms with van der Waals surface area (Å²) in [6.45, 7) is 1.81. The molecule has 2 N–H and O–H groups in total. The monoisotopic (exact) mass is 206 g/mol. The van der Waals surface area contributed by atoms with Crippen LogP contribution in [-0.4, -0.2) is 35.3 Å². The Labute approximate surface area is 88.3 Å². The normalized spacial score (nSPS) is 29.5. The van der Waals surface area contributed by atoms with Crippen LogP contribution < -0.4 is 10.6 Å². The average molecular weight is 206 g/mol. The molecule has 0 spiro atoms. The van der Waals surface area contributed by atoms with E-state index in [0.717, 1.165) is 31.9 Å². The van der Waals surface area contributed by atoms with E-state index in [9.17, 15) is 0 Å². The summed E-state index contributed by atoms with van der Waals surface area (Å²) >= 11 is 0. The van der Waals surface area contributed by atoms with Crippen molar-refractivity contribution in [1.82, 2.24) is 9.97 Å². The molecule has 0 radical (unpaired) electrons. The Morgan fingerprint density at radius 2 is 1.80 bits per heavy atom. The van der Waals surface area contributed by atoms with Gasteiger partial charge in [0.25, 0.3) is 0 Å². The Balaban J connectivity index is 1.80. The summed E-state index contributed by atoms with van der Waals surface area (Å²) < 4.78 is 5.75. The highest BCUT2D eigenvalue weighted by Gasteiger charge is 2.34. The fraction of sp³-hybridized carbons (Fsp3) is 0.600. The Hall–Kier alpha value is -1.36. The summed E-state index contributed by atoms with van der Waals surface area (Å²) in [7, 11) is 0. The second-order valence-electron chi connectivity index (χ2n) is 4.18. The first kappa shape index (κ1) is 8.91. The van der Waals surface area contributed by atoms with Crippen LogP contribution in [0, 0.1) is 0 Å². The Morgan fingerprint density at radius 3 is 2.40 bits per heavy atom. The topological polar surface area (TPSA) is 64.3 Å². The molecule has 5 heteroatoms. The van der Waals surface area contributed by atoms with Gasteiger partial charge in [-0.05, 0) is 12.8 Å². The van der Waals surface area contributed by atoms with Crippen LogP contribution in [0.1, 0.15) is 12.8 Å². The lowest BCUT2D eigenvalue weighted by Gasteiger charge is -2.31. The molecule has 2 aliphatic rings. The minimum Gasteiger partial charge on any atom is -0.396 e. The summed E-state index contributed by atoms with van der Waals surface area (Å²) in [6.07, 6.45) is 6.36. The third-order valence-electron chi connectivity index (χ3n) is 2.98. The Morgan fingerprint density at radius 1 is 1.20 bits per heavy atom. The number of hydrogen-bond donors (Lipinski definition) is 1. The minimum atomic E-state index is 0.366. The number of nitrogens with two attached hydrogens (primary N) is 1. The zero-order valence-electron chi connectivity index (χ0n) is 8.47. The van der Waals surface area contributed by atoms with Crippen LogP contribution in [0.25, 0.3) is 0 Å². The van der Waals surface area contributed by atoms with Crippen molar-refractivity contribution in [1.29, 1.82) is 0 Å². The van der Waals surface area contributed by atoms with Gasteiger partial charge in [-0.1, -0.05) is 0 Å². The summed E-state index contributed by atoms with van der Waals surface area (Å²) in [4.78, 5) is 10.7. The molecule has 2 aliphatic heterocycles. The molecular formula is C10H14N4O. The highest BCUT2D eigenvalue weighted by Crippen LogP contribution is 2.27. The van der Waals surface area contributed by atoms with Crippen LogP contribution in [0.4, 0.5) is 11.6 Å². The molecule has 5 nitrogen and oxygen atoms in total. The zero-order valence-corrected chi connectivity index (χ0v) is 8.47. The summed E-state index contributed by atoms with van der Waals surface area (Å²) in [5, 5.41) is 0. The van der Waals surface area contributed by atoms with Crippen molar-refractivity contribution in [2.24, 2.45) is 0 Å². The fourth-order valence-electron chi connectivity index (χ4n) is 2.27. The number of anilines is 2. The number of morpholine rings is 1. The van der Waals surface area contributed by atoms with Crippen molar-refractivity contribution in [3.8, 4) is 0 Å². The zero-order chi connectivity index (χ0) is 10.3. The standard InChI is InChI=1S/C10H14N4O/c11-7-3-12-10(13-4-7)14-5-8-1-2-9(6-14)15-8/h3-4,8-9H,1-2,5-6,11H2/t8-,9+. The molecule has 2 fully saturated rings. The molecule has 2 saturated heterocycles. The first-order valence-corrected chi connectivity index (χ1v) is 5.29. The summed E-state index contributed by atoms with van der Waals surface area (Å²) in [6, 6.07) is 0. The van der Waals surface area contributed by atoms with Gasteiger partial charge in [-0.3, -0.25) is 0 Å². The predicted molar refractivity (Wildman–Crippen MR) is 56.6 cm³/mol. The number of nitrogens with zero attached hydrogens (tertiary/aromatic N) is 3. The maximum atomic E-state index is 5.75. The van der Waals surface area contributed by atoms with Gasteiger partial charge < -0.3 is 15.4 Å². The summed E-state index contributed by atoms with van der Waals surface area (Å²) in [5.41, 5.74) is 6.16. The molecule has 80 valence electrons.